The summed E-state index contributed by atoms with van der Waals surface area (Å²) in [5.41, 5.74) is 3.83. The summed E-state index contributed by atoms with van der Waals surface area (Å²) in [6.07, 6.45) is 0. The summed E-state index contributed by atoms with van der Waals surface area (Å²) >= 11 is 0. The highest BCUT2D eigenvalue weighted by molar-refractivity contribution is 5.94. The van der Waals surface area contributed by atoms with E-state index >= 15 is 0 Å². The Kier molecular flexibility index (Phi) is 4.67. The lowest BCUT2D eigenvalue weighted by molar-refractivity contribution is 0.0963. The van der Waals surface area contributed by atoms with Crippen molar-refractivity contribution >= 4 is 16.9 Å². The van der Waals surface area contributed by atoms with Gasteiger partial charge < -0.3 is 15.1 Å². The van der Waals surface area contributed by atoms with Crippen LogP contribution in [0.25, 0.3) is 11.0 Å². The highest BCUT2D eigenvalue weighted by Gasteiger charge is 2.16. The first kappa shape index (κ1) is 16.3. The predicted octanol–water partition coefficient (Wildman–Crippen LogP) is 3.95. The van der Waals surface area contributed by atoms with E-state index < -0.39 is 0 Å². The van der Waals surface area contributed by atoms with E-state index in [1.165, 1.54) is 5.56 Å². The topological polar surface area (TPSA) is 54.3 Å². The fraction of sp³-hybridized carbons (Fsp3) is 0.250. The lowest BCUT2D eigenvalue weighted by Crippen LogP contribution is -2.20. The number of carbonyl (C=O) groups excluding carboxylic acids is 1. The molecule has 2 N–H and O–H groups in total. The van der Waals surface area contributed by atoms with Gasteiger partial charge in [0.2, 0.25) is 0 Å². The quantitative estimate of drug-likeness (QED) is 0.748. The highest BCUT2D eigenvalue weighted by atomic mass is 16.3. The standard InChI is InChI=1S/C20H22N2O2/c1-13-17-9-4-5-10-18(17)24-19(13)14(2)22-12-15-7-6-8-16(11-15)20(23)21-3/h4-11,14,22H,12H2,1-3H3,(H,21,23)/t14-/m1/s1. The number of hydrogen-bond acceptors (Lipinski definition) is 3. The van der Waals surface area contributed by atoms with Gasteiger partial charge in [0.05, 0.1) is 6.04 Å². The van der Waals surface area contributed by atoms with Crippen LogP contribution in [-0.2, 0) is 6.54 Å². The van der Waals surface area contributed by atoms with E-state index in [9.17, 15) is 4.79 Å². The third-order valence-corrected chi connectivity index (χ3v) is 4.30. The van der Waals surface area contributed by atoms with E-state index in [4.69, 9.17) is 4.42 Å². The van der Waals surface area contributed by atoms with E-state index in [2.05, 4.69) is 30.5 Å². The van der Waals surface area contributed by atoms with E-state index in [-0.39, 0.29) is 11.9 Å². The monoisotopic (exact) mass is 322 g/mol. The van der Waals surface area contributed by atoms with Crippen molar-refractivity contribution in [3.8, 4) is 0 Å². The second-order valence-electron chi connectivity index (χ2n) is 5.97. The predicted molar refractivity (Wildman–Crippen MR) is 96.0 cm³/mol. The van der Waals surface area contributed by atoms with Crippen molar-refractivity contribution in [2.75, 3.05) is 7.05 Å². The molecule has 0 aliphatic heterocycles. The number of nitrogens with one attached hydrogen (secondary N) is 2. The van der Waals surface area contributed by atoms with Crippen molar-refractivity contribution in [2.45, 2.75) is 26.4 Å². The van der Waals surface area contributed by atoms with Crippen molar-refractivity contribution in [3.63, 3.8) is 0 Å². The van der Waals surface area contributed by atoms with Crippen molar-refractivity contribution in [1.82, 2.24) is 10.6 Å². The molecule has 0 saturated heterocycles. The molecule has 2 aromatic carbocycles. The third-order valence-electron chi connectivity index (χ3n) is 4.30. The molecule has 0 saturated carbocycles. The molecule has 0 fully saturated rings. The van der Waals surface area contributed by atoms with Crippen molar-refractivity contribution in [1.29, 1.82) is 0 Å². The molecule has 0 unspecified atom stereocenters. The van der Waals surface area contributed by atoms with Crippen molar-refractivity contribution in [3.05, 3.63) is 71.0 Å². The van der Waals surface area contributed by atoms with Gasteiger partial charge in [-0.1, -0.05) is 30.3 Å². The number of benzene rings is 2. The van der Waals surface area contributed by atoms with Gasteiger partial charge in [-0.2, -0.15) is 0 Å². The summed E-state index contributed by atoms with van der Waals surface area (Å²) in [6.45, 7) is 4.85. The SMILES string of the molecule is CNC(=O)c1cccc(CN[C@H](C)c2oc3ccccc3c2C)c1. The molecular formula is C20H22N2O2. The number of aryl methyl sites for hydroxylation is 1. The number of para-hydroxylation sites is 1. The number of amides is 1. The Morgan fingerprint density at radius 1 is 1.17 bits per heavy atom. The van der Waals surface area contributed by atoms with Gasteiger partial charge >= 0.3 is 0 Å². The van der Waals surface area contributed by atoms with E-state index in [1.807, 2.05) is 42.5 Å². The molecular weight excluding hydrogens is 300 g/mol. The second-order valence-corrected chi connectivity index (χ2v) is 5.97. The zero-order valence-electron chi connectivity index (χ0n) is 14.2. The Morgan fingerprint density at radius 3 is 2.71 bits per heavy atom. The Balaban J connectivity index is 1.74. The summed E-state index contributed by atoms with van der Waals surface area (Å²) < 4.78 is 6.00. The lowest BCUT2D eigenvalue weighted by Gasteiger charge is -2.13. The molecule has 0 aliphatic rings. The Morgan fingerprint density at radius 2 is 1.96 bits per heavy atom. The summed E-state index contributed by atoms with van der Waals surface area (Å²) in [7, 11) is 1.64. The normalized spacial score (nSPS) is 12.3. The van der Waals surface area contributed by atoms with Crippen molar-refractivity contribution in [2.24, 2.45) is 0 Å². The maximum Gasteiger partial charge on any atom is 0.251 e. The molecule has 0 radical (unpaired) electrons. The number of rotatable bonds is 5. The molecule has 3 aromatic rings. The van der Waals surface area contributed by atoms with Crippen LogP contribution >= 0.6 is 0 Å². The smallest absolute Gasteiger partial charge is 0.251 e. The van der Waals surface area contributed by atoms with Gasteiger partial charge in [0.1, 0.15) is 11.3 Å². The molecule has 3 rings (SSSR count). The molecule has 1 heterocycles. The van der Waals surface area contributed by atoms with Crippen LogP contribution in [0.5, 0.6) is 0 Å². The first-order valence-electron chi connectivity index (χ1n) is 8.12. The van der Waals surface area contributed by atoms with Crippen LogP contribution < -0.4 is 10.6 Å². The third kappa shape index (κ3) is 3.19. The van der Waals surface area contributed by atoms with Crippen LogP contribution in [0, 0.1) is 6.92 Å². The molecule has 24 heavy (non-hydrogen) atoms. The van der Waals surface area contributed by atoms with E-state index in [0.717, 1.165) is 22.3 Å². The number of carbonyl (C=O) groups is 1. The largest absolute Gasteiger partial charge is 0.459 e. The summed E-state index contributed by atoms with van der Waals surface area (Å²) in [5.74, 6) is 0.886. The Bertz CT molecular complexity index is 867. The molecule has 0 bridgehead atoms. The average Bonchev–Trinajstić information content (AvgIpc) is 2.96. The maximum atomic E-state index is 11.7. The molecule has 1 atom stereocenters. The first-order chi connectivity index (χ1) is 11.6. The minimum absolute atomic E-state index is 0.0713. The Hall–Kier alpha value is -2.59. The van der Waals surface area contributed by atoms with Gasteiger partial charge in [-0.3, -0.25) is 4.79 Å². The van der Waals surface area contributed by atoms with Crippen molar-refractivity contribution < 1.29 is 9.21 Å². The average molecular weight is 322 g/mol. The van der Waals surface area contributed by atoms with Gasteiger partial charge in [0.15, 0.2) is 0 Å². The van der Waals surface area contributed by atoms with Crippen LogP contribution in [0.4, 0.5) is 0 Å². The van der Waals surface area contributed by atoms with E-state index in [0.29, 0.717) is 12.1 Å². The van der Waals surface area contributed by atoms with Gasteiger partial charge in [0.25, 0.3) is 5.91 Å². The summed E-state index contributed by atoms with van der Waals surface area (Å²) in [5, 5.41) is 7.28. The summed E-state index contributed by atoms with van der Waals surface area (Å²) in [4.78, 5) is 11.7. The van der Waals surface area contributed by atoms with Crippen LogP contribution in [-0.4, -0.2) is 13.0 Å². The van der Waals surface area contributed by atoms with Crippen LogP contribution in [0.1, 0.15) is 40.2 Å². The fourth-order valence-corrected chi connectivity index (χ4v) is 2.94. The number of furan rings is 1. The highest BCUT2D eigenvalue weighted by Crippen LogP contribution is 2.29. The molecule has 4 heteroatoms. The maximum absolute atomic E-state index is 11.7. The number of hydrogen-bond donors (Lipinski definition) is 2. The minimum Gasteiger partial charge on any atom is -0.459 e. The molecule has 1 aromatic heterocycles. The Labute approximate surface area is 141 Å². The van der Waals surface area contributed by atoms with Gasteiger partial charge in [0, 0.05) is 24.5 Å². The second kappa shape index (κ2) is 6.89. The van der Waals surface area contributed by atoms with Crippen LogP contribution in [0.15, 0.2) is 52.9 Å². The zero-order valence-corrected chi connectivity index (χ0v) is 14.2. The minimum atomic E-state index is -0.0713. The molecule has 1 amide bonds. The van der Waals surface area contributed by atoms with Gasteiger partial charge in [-0.15, -0.1) is 0 Å². The zero-order chi connectivity index (χ0) is 17.1. The summed E-state index contributed by atoms with van der Waals surface area (Å²) in [6, 6.07) is 15.8. The van der Waals surface area contributed by atoms with Crippen LogP contribution in [0.3, 0.4) is 0 Å². The molecule has 4 nitrogen and oxygen atoms in total. The molecule has 0 spiro atoms. The van der Waals surface area contributed by atoms with E-state index in [1.54, 1.807) is 7.05 Å². The molecule has 0 aliphatic carbocycles. The fourth-order valence-electron chi connectivity index (χ4n) is 2.94. The van der Waals surface area contributed by atoms with Crippen LogP contribution in [0.2, 0.25) is 0 Å². The van der Waals surface area contributed by atoms with Gasteiger partial charge in [-0.05, 0) is 43.2 Å². The number of fused-ring (bicyclic) bond motifs is 1. The van der Waals surface area contributed by atoms with Gasteiger partial charge in [-0.25, -0.2) is 0 Å². The molecule has 124 valence electrons. The first-order valence-corrected chi connectivity index (χ1v) is 8.12. The lowest BCUT2D eigenvalue weighted by atomic mass is 10.1.